The lowest BCUT2D eigenvalue weighted by atomic mass is 9.91. The van der Waals surface area contributed by atoms with Crippen LogP contribution < -0.4 is 10.2 Å². The zero-order chi connectivity index (χ0) is 24.6. The second kappa shape index (κ2) is 11.9. The Hall–Kier alpha value is -2.52. The Kier molecular flexibility index (Phi) is 9.34. The predicted molar refractivity (Wildman–Crippen MR) is 148 cm³/mol. The van der Waals surface area contributed by atoms with E-state index in [0.29, 0.717) is 19.6 Å². The zero-order valence-corrected chi connectivity index (χ0v) is 23.1. The van der Waals surface area contributed by atoms with Gasteiger partial charge in [-0.3, -0.25) is 19.4 Å². The van der Waals surface area contributed by atoms with E-state index in [1.807, 2.05) is 29.3 Å². The fourth-order valence-corrected chi connectivity index (χ4v) is 5.25. The maximum absolute atomic E-state index is 13.7. The van der Waals surface area contributed by atoms with E-state index >= 15 is 0 Å². The van der Waals surface area contributed by atoms with E-state index in [9.17, 15) is 9.18 Å². The number of nitrogens with zero attached hydrogens (tertiary/aromatic N) is 5. The SMILES string of the molecule is C[C@@H]1CN(CC(=O)N2CC(C)(C)c3ncc(Cc4ccccc4)cc32)[C@@H](Cn2cc(F)cn2)CN1.Cl.Cl. The van der Waals surface area contributed by atoms with Gasteiger partial charge in [0.25, 0.3) is 0 Å². The van der Waals surface area contributed by atoms with Gasteiger partial charge in [-0.25, -0.2) is 4.39 Å². The molecule has 2 aromatic heterocycles. The number of hydrogen-bond donors (Lipinski definition) is 1. The summed E-state index contributed by atoms with van der Waals surface area (Å²) in [6.45, 7) is 9.32. The highest BCUT2D eigenvalue weighted by Crippen LogP contribution is 2.39. The number of anilines is 1. The number of carbonyl (C=O) groups is 1. The molecule has 1 fully saturated rings. The lowest BCUT2D eigenvalue weighted by Crippen LogP contribution is -2.59. The minimum Gasteiger partial charge on any atom is -0.311 e. The van der Waals surface area contributed by atoms with E-state index in [4.69, 9.17) is 4.98 Å². The van der Waals surface area contributed by atoms with Gasteiger partial charge < -0.3 is 10.2 Å². The van der Waals surface area contributed by atoms with E-state index in [0.717, 1.165) is 36.5 Å². The van der Waals surface area contributed by atoms with Crippen molar-refractivity contribution in [3.8, 4) is 0 Å². The third kappa shape index (κ3) is 6.49. The first kappa shape index (κ1) is 29.0. The molecule has 4 heterocycles. The number of nitrogens with one attached hydrogen (secondary N) is 1. The summed E-state index contributed by atoms with van der Waals surface area (Å²) in [6, 6.07) is 12.8. The Morgan fingerprint density at radius 1 is 1.16 bits per heavy atom. The van der Waals surface area contributed by atoms with Crippen LogP contribution in [-0.2, 0) is 23.2 Å². The molecule has 2 atom stereocenters. The van der Waals surface area contributed by atoms with Crippen molar-refractivity contribution in [3.63, 3.8) is 0 Å². The smallest absolute Gasteiger partial charge is 0.241 e. The number of pyridine rings is 1. The number of carbonyl (C=O) groups excluding carboxylic acids is 1. The number of hydrogen-bond acceptors (Lipinski definition) is 5. The van der Waals surface area contributed by atoms with Crippen molar-refractivity contribution in [2.75, 3.05) is 31.1 Å². The molecule has 0 aliphatic carbocycles. The predicted octanol–water partition coefficient (Wildman–Crippen LogP) is 3.84. The van der Waals surface area contributed by atoms with E-state index in [1.54, 1.807) is 4.68 Å². The maximum Gasteiger partial charge on any atom is 0.241 e. The quantitative estimate of drug-likeness (QED) is 0.507. The second-order valence-corrected chi connectivity index (χ2v) is 10.5. The molecule has 0 saturated carbocycles. The van der Waals surface area contributed by atoms with Gasteiger partial charge in [0.15, 0.2) is 5.82 Å². The lowest BCUT2D eigenvalue weighted by Gasteiger charge is -2.39. The Labute approximate surface area is 230 Å². The van der Waals surface area contributed by atoms with E-state index < -0.39 is 0 Å². The number of rotatable bonds is 6. The summed E-state index contributed by atoms with van der Waals surface area (Å²) in [7, 11) is 0. The molecule has 1 N–H and O–H groups in total. The molecular weight excluding hydrogens is 514 g/mol. The molecule has 3 aromatic rings. The highest BCUT2D eigenvalue weighted by Gasteiger charge is 2.40. The van der Waals surface area contributed by atoms with E-state index in [2.05, 4.69) is 54.3 Å². The molecule has 0 bridgehead atoms. The second-order valence-electron chi connectivity index (χ2n) is 10.5. The average molecular weight is 550 g/mol. The topological polar surface area (TPSA) is 66.3 Å². The van der Waals surface area contributed by atoms with Crippen LogP contribution in [0.25, 0.3) is 0 Å². The largest absolute Gasteiger partial charge is 0.311 e. The minimum absolute atomic E-state index is 0. The first-order chi connectivity index (χ1) is 16.8. The zero-order valence-electron chi connectivity index (χ0n) is 21.4. The fraction of sp³-hybridized carbons (Fsp3) is 0.444. The van der Waals surface area contributed by atoms with Gasteiger partial charge in [-0.05, 0) is 30.5 Å². The number of aromatic nitrogens is 3. The monoisotopic (exact) mass is 548 g/mol. The summed E-state index contributed by atoms with van der Waals surface area (Å²) >= 11 is 0. The minimum atomic E-state index is -0.348. The van der Waals surface area contributed by atoms with Gasteiger partial charge in [0.1, 0.15) is 0 Å². The maximum atomic E-state index is 13.7. The van der Waals surface area contributed by atoms with Crippen molar-refractivity contribution in [2.45, 2.75) is 51.2 Å². The van der Waals surface area contributed by atoms with Crippen LogP contribution in [0.4, 0.5) is 10.1 Å². The third-order valence-electron chi connectivity index (χ3n) is 7.03. The van der Waals surface area contributed by atoms with Crippen LogP contribution in [0.1, 0.15) is 37.6 Å². The van der Waals surface area contributed by atoms with Gasteiger partial charge in [-0.1, -0.05) is 44.2 Å². The van der Waals surface area contributed by atoms with Gasteiger partial charge in [0, 0.05) is 43.3 Å². The Morgan fingerprint density at radius 3 is 2.62 bits per heavy atom. The molecule has 1 aromatic carbocycles. The van der Waals surface area contributed by atoms with Crippen LogP contribution in [0.15, 0.2) is 55.0 Å². The Morgan fingerprint density at radius 2 is 1.92 bits per heavy atom. The molecule has 0 radical (unpaired) electrons. The molecule has 2 aliphatic heterocycles. The van der Waals surface area contributed by atoms with Crippen molar-refractivity contribution in [1.82, 2.24) is 25.0 Å². The summed E-state index contributed by atoms with van der Waals surface area (Å²) in [4.78, 5) is 22.6. The Balaban J connectivity index is 0.00000190. The molecule has 5 rings (SSSR count). The van der Waals surface area contributed by atoms with Crippen LogP contribution in [-0.4, -0.2) is 63.8 Å². The third-order valence-corrected chi connectivity index (χ3v) is 7.03. The van der Waals surface area contributed by atoms with Crippen LogP contribution in [0.5, 0.6) is 0 Å². The lowest BCUT2D eigenvalue weighted by molar-refractivity contribution is -0.120. The van der Waals surface area contributed by atoms with Crippen molar-refractivity contribution in [3.05, 3.63) is 77.6 Å². The van der Waals surface area contributed by atoms with Gasteiger partial charge in [-0.15, -0.1) is 24.8 Å². The molecule has 2 aliphatic rings. The van der Waals surface area contributed by atoms with Crippen LogP contribution in [0.3, 0.4) is 0 Å². The van der Waals surface area contributed by atoms with Crippen LogP contribution >= 0.6 is 24.8 Å². The van der Waals surface area contributed by atoms with Crippen molar-refractivity contribution < 1.29 is 9.18 Å². The summed E-state index contributed by atoms with van der Waals surface area (Å²) in [5.74, 6) is -0.277. The molecular formula is C27H35Cl2FN6O. The van der Waals surface area contributed by atoms with E-state index in [-0.39, 0.29) is 54.0 Å². The standard InChI is InChI=1S/C27H33FN6O.2ClH/c1-19-14-32(23(13-29-19)16-33-15-22(28)12-31-33)17-25(35)34-18-27(2,3)26-24(34)10-21(11-30-26)9-20-7-5-4-6-8-20;;/h4-8,10-12,15,19,23,29H,9,13-14,16-18H2,1-3H3;2*1H/t19-,23-;;/m1../s1. The number of fused-ring (bicyclic) bond motifs is 1. The molecule has 0 unspecified atom stereocenters. The van der Waals surface area contributed by atoms with Gasteiger partial charge in [-0.2, -0.15) is 5.10 Å². The molecule has 0 spiro atoms. The fourth-order valence-electron chi connectivity index (χ4n) is 5.25. The summed E-state index contributed by atoms with van der Waals surface area (Å²) < 4.78 is 15.1. The summed E-state index contributed by atoms with van der Waals surface area (Å²) in [6.07, 6.45) is 5.34. The highest BCUT2D eigenvalue weighted by molar-refractivity contribution is 5.97. The number of benzene rings is 1. The molecule has 7 nitrogen and oxygen atoms in total. The normalized spacial score (nSPS) is 20.6. The number of halogens is 3. The van der Waals surface area contributed by atoms with Gasteiger partial charge in [0.05, 0.1) is 36.9 Å². The highest BCUT2D eigenvalue weighted by atomic mass is 35.5. The van der Waals surface area contributed by atoms with Crippen molar-refractivity contribution in [2.24, 2.45) is 0 Å². The Bertz CT molecular complexity index is 1200. The van der Waals surface area contributed by atoms with Gasteiger partial charge in [0.2, 0.25) is 5.91 Å². The van der Waals surface area contributed by atoms with Crippen LogP contribution in [0, 0.1) is 5.82 Å². The molecule has 200 valence electrons. The van der Waals surface area contributed by atoms with Crippen LogP contribution in [0.2, 0.25) is 0 Å². The van der Waals surface area contributed by atoms with Crippen molar-refractivity contribution in [1.29, 1.82) is 0 Å². The summed E-state index contributed by atoms with van der Waals surface area (Å²) in [5, 5.41) is 7.58. The molecule has 37 heavy (non-hydrogen) atoms. The molecule has 10 heteroatoms. The first-order valence-corrected chi connectivity index (χ1v) is 12.3. The van der Waals surface area contributed by atoms with Gasteiger partial charge >= 0.3 is 0 Å². The molecule has 1 amide bonds. The average Bonchev–Trinajstić information content (AvgIpc) is 3.35. The van der Waals surface area contributed by atoms with E-state index in [1.165, 1.54) is 18.0 Å². The first-order valence-electron chi connectivity index (χ1n) is 12.3. The number of amides is 1. The number of piperazine rings is 1. The summed E-state index contributed by atoms with van der Waals surface area (Å²) in [5.41, 5.74) is 4.00. The van der Waals surface area contributed by atoms with Crippen molar-refractivity contribution >= 4 is 36.4 Å². The molecule has 1 saturated heterocycles.